The van der Waals surface area contributed by atoms with Crippen LogP contribution in [-0.4, -0.2) is 17.0 Å². The Kier molecular flexibility index (Phi) is 4.27. The summed E-state index contributed by atoms with van der Waals surface area (Å²) in [4.78, 5) is 9.10. The zero-order valence-electron chi connectivity index (χ0n) is 11.1. The van der Waals surface area contributed by atoms with Crippen LogP contribution in [-0.2, 0) is 6.42 Å². The molecule has 1 aromatic heterocycles. The summed E-state index contributed by atoms with van der Waals surface area (Å²) in [7, 11) is 1.85. The molecule has 1 aromatic carbocycles. The molecular formula is C14H15Cl2N3. The number of nitrogens with zero attached hydrogens (tertiary/aromatic N) is 2. The Bertz CT molecular complexity index is 566. The summed E-state index contributed by atoms with van der Waals surface area (Å²) in [5.41, 5.74) is 2.91. The van der Waals surface area contributed by atoms with E-state index in [-0.39, 0.29) is 0 Å². The van der Waals surface area contributed by atoms with Crippen LogP contribution >= 0.6 is 23.2 Å². The molecule has 0 saturated heterocycles. The fraction of sp³-hybridized carbons (Fsp3) is 0.286. The molecule has 0 fully saturated rings. The summed E-state index contributed by atoms with van der Waals surface area (Å²) in [6.45, 7) is 4.09. The molecule has 3 nitrogen and oxygen atoms in total. The van der Waals surface area contributed by atoms with E-state index < -0.39 is 0 Å². The van der Waals surface area contributed by atoms with Gasteiger partial charge in [-0.1, -0.05) is 30.1 Å². The SMILES string of the molecule is CCc1nc(-c2cc(Cl)cc(Cl)c2)nc(NC)c1C. The third kappa shape index (κ3) is 2.99. The average molecular weight is 296 g/mol. The highest BCUT2D eigenvalue weighted by atomic mass is 35.5. The largest absolute Gasteiger partial charge is 0.373 e. The summed E-state index contributed by atoms with van der Waals surface area (Å²) in [6.07, 6.45) is 0.852. The smallest absolute Gasteiger partial charge is 0.161 e. The van der Waals surface area contributed by atoms with Crippen LogP contribution in [0, 0.1) is 6.92 Å². The fourth-order valence-corrected chi connectivity index (χ4v) is 2.49. The second-order valence-corrected chi connectivity index (χ2v) is 5.10. The maximum Gasteiger partial charge on any atom is 0.161 e. The van der Waals surface area contributed by atoms with Gasteiger partial charge in [-0.05, 0) is 31.5 Å². The minimum absolute atomic E-state index is 0.579. The number of rotatable bonds is 3. The van der Waals surface area contributed by atoms with Crippen LogP contribution in [0.1, 0.15) is 18.2 Å². The summed E-state index contributed by atoms with van der Waals surface area (Å²) < 4.78 is 0. The molecule has 0 saturated carbocycles. The second-order valence-electron chi connectivity index (χ2n) is 4.23. The Morgan fingerprint density at radius 1 is 1.11 bits per heavy atom. The third-order valence-electron chi connectivity index (χ3n) is 2.94. The van der Waals surface area contributed by atoms with E-state index >= 15 is 0 Å². The molecule has 0 aliphatic carbocycles. The molecule has 2 aromatic rings. The highest BCUT2D eigenvalue weighted by molar-refractivity contribution is 6.35. The second kappa shape index (κ2) is 5.76. The van der Waals surface area contributed by atoms with Gasteiger partial charge in [0.25, 0.3) is 0 Å². The van der Waals surface area contributed by atoms with Crippen molar-refractivity contribution in [1.82, 2.24) is 9.97 Å². The van der Waals surface area contributed by atoms with Crippen molar-refractivity contribution in [1.29, 1.82) is 0 Å². The molecular weight excluding hydrogens is 281 g/mol. The number of benzene rings is 1. The Labute approximate surface area is 123 Å². The molecule has 0 amide bonds. The maximum atomic E-state index is 6.02. The quantitative estimate of drug-likeness (QED) is 0.914. The summed E-state index contributed by atoms with van der Waals surface area (Å²) >= 11 is 12.0. The highest BCUT2D eigenvalue weighted by Crippen LogP contribution is 2.27. The lowest BCUT2D eigenvalue weighted by Crippen LogP contribution is -2.04. The molecule has 0 aliphatic rings. The number of halogens is 2. The summed E-state index contributed by atoms with van der Waals surface area (Å²) in [5, 5.41) is 4.25. The topological polar surface area (TPSA) is 37.8 Å². The predicted octanol–water partition coefficient (Wildman–Crippen LogP) is 4.36. The molecule has 0 atom stereocenters. The molecule has 0 unspecified atom stereocenters. The molecule has 0 spiro atoms. The fourth-order valence-electron chi connectivity index (χ4n) is 1.96. The third-order valence-corrected chi connectivity index (χ3v) is 3.38. The number of nitrogens with one attached hydrogen (secondary N) is 1. The van der Waals surface area contributed by atoms with E-state index in [4.69, 9.17) is 23.2 Å². The van der Waals surface area contributed by atoms with Crippen LogP contribution in [0.2, 0.25) is 10.0 Å². The Balaban J connectivity index is 2.61. The van der Waals surface area contributed by atoms with Crippen molar-refractivity contribution in [3.63, 3.8) is 0 Å². The molecule has 1 heterocycles. The number of anilines is 1. The first-order valence-corrected chi connectivity index (χ1v) is 6.82. The number of hydrogen-bond acceptors (Lipinski definition) is 3. The lowest BCUT2D eigenvalue weighted by molar-refractivity contribution is 0.977. The van der Waals surface area contributed by atoms with Gasteiger partial charge >= 0.3 is 0 Å². The van der Waals surface area contributed by atoms with Crippen LogP contribution in [0.15, 0.2) is 18.2 Å². The predicted molar refractivity (Wildman–Crippen MR) is 81.1 cm³/mol. The van der Waals surface area contributed by atoms with Crippen LogP contribution in [0.5, 0.6) is 0 Å². The van der Waals surface area contributed by atoms with Crippen LogP contribution < -0.4 is 5.32 Å². The summed E-state index contributed by atoms with van der Waals surface area (Å²) in [6, 6.07) is 5.33. The van der Waals surface area contributed by atoms with Gasteiger partial charge in [0.2, 0.25) is 0 Å². The van der Waals surface area contributed by atoms with Crippen molar-refractivity contribution in [3.8, 4) is 11.4 Å². The van der Waals surface area contributed by atoms with Gasteiger partial charge in [-0.25, -0.2) is 9.97 Å². The molecule has 2 rings (SSSR count). The first kappa shape index (κ1) is 14.1. The maximum absolute atomic E-state index is 6.02. The molecule has 1 N–H and O–H groups in total. The van der Waals surface area contributed by atoms with Gasteiger partial charge in [0.15, 0.2) is 5.82 Å². The Morgan fingerprint density at radius 3 is 2.26 bits per heavy atom. The first-order valence-electron chi connectivity index (χ1n) is 6.07. The Hall–Kier alpha value is -1.32. The van der Waals surface area contributed by atoms with E-state index in [1.165, 1.54) is 0 Å². The zero-order chi connectivity index (χ0) is 14.0. The summed E-state index contributed by atoms with van der Waals surface area (Å²) in [5.74, 6) is 1.47. The van der Waals surface area contributed by atoms with Crippen molar-refractivity contribution in [2.75, 3.05) is 12.4 Å². The van der Waals surface area contributed by atoms with Gasteiger partial charge in [-0.2, -0.15) is 0 Å². The van der Waals surface area contributed by atoms with Gasteiger partial charge in [-0.3, -0.25) is 0 Å². The van der Waals surface area contributed by atoms with E-state index in [2.05, 4.69) is 22.2 Å². The standard InChI is InChI=1S/C14H15Cl2N3/c1-4-12-8(2)13(17-3)19-14(18-12)9-5-10(15)7-11(16)6-9/h5-7H,4H2,1-3H3,(H,17,18,19). The van der Waals surface area contributed by atoms with E-state index in [9.17, 15) is 0 Å². The molecule has 0 bridgehead atoms. The average Bonchev–Trinajstić information content (AvgIpc) is 2.37. The van der Waals surface area contributed by atoms with Gasteiger partial charge in [0, 0.05) is 33.9 Å². The Morgan fingerprint density at radius 2 is 1.74 bits per heavy atom. The highest BCUT2D eigenvalue weighted by Gasteiger charge is 2.11. The lowest BCUT2D eigenvalue weighted by atomic mass is 10.1. The van der Waals surface area contributed by atoms with Crippen LogP contribution in [0.25, 0.3) is 11.4 Å². The minimum Gasteiger partial charge on any atom is -0.373 e. The lowest BCUT2D eigenvalue weighted by Gasteiger charge is -2.11. The van der Waals surface area contributed by atoms with Gasteiger partial charge in [0.05, 0.1) is 0 Å². The number of hydrogen-bond donors (Lipinski definition) is 1. The minimum atomic E-state index is 0.579. The van der Waals surface area contributed by atoms with Crippen LogP contribution in [0.4, 0.5) is 5.82 Å². The molecule has 0 aliphatic heterocycles. The molecule has 100 valence electrons. The van der Waals surface area contributed by atoms with Gasteiger partial charge < -0.3 is 5.32 Å². The van der Waals surface area contributed by atoms with Gasteiger partial charge in [0.1, 0.15) is 5.82 Å². The zero-order valence-corrected chi connectivity index (χ0v) is 12.6. The van der Waals surface area contributed by atoms with E-state index in [1.807, 2.05) is 26.1 Å². The van der Waals surface area contributed by atoms with E-state index in [1.54, 1.807) is 6.07 Å². The number of aromatic nitrogens is 2. The first-order chi connectivity index (χ1) is 9.05. The van der Waals surface area contributed by atoms with E-state index in [0.717, 1.165) is 29.1 Å². The normalized spacial score (nSPS) is 10.6. The van der Waals surface area contributed by atoms with Crippen molar-refractivity contribution in [3.05, 3.63) is 39.5 Å². The monoisotopic (exact) mass is 295 g/mol. The van der Waals surface area contributed by atoms with Crippen molar-refractivity contribution in [2.45, 2.75) is 20.3 Å². The molecule has 19 heavy (non-hydrogen) atoms. The van der Waals surface area contributed by atoms with Crippen molar-refractivity contribution < 1.29 is 0 Å². The number of aryl methyl sites for hydroxylation is 1. The van der Waals surface area contributed by atoms with E-state index in [0.29, 0.717) is 15.9 Å². The van der Waals surface area contributed by atoms with Crippen molar-refractivity contribution in [2.24, 2.45) is 0 Å². The van der Waals surface area contributed by atoms with Crippen molar-refractivity contribution >= 4 is 29.0 Å². The molecule has 0 radical (unpaired) electrons. The van der Waals surface area contributed by atoms with Gasteiger partial charge in [-0.15, -0.1) is 0 Å². The molecule has 5 heteroatoms. The van der Waals surface area contributed by atoms with Crippen LogP contribution in [0.3, 0.4) is 0 Å².